The average Bonchev–Trinajstić information content (AvgIpc) is 2.84. The molecule has 11 nitrogen and oxygen atoms in total. The van der Waals surface area contributed by atoms with Gasteiger partial charge in [0.25, 0.3) is 11.6 Å². The molecule has 1 saturated heterocycles. The van der Waals surface area contributed by atoms with Gasteiger partial charge in [-0.1, -0.05) is 13.8 Å². The van der Waals surface area contributed by atoms with E-state index in [4.69, 9.17) is 21.7 Å². The van der Waals surface area contributed by atoms with Crippen molar-refractivity contribution in [1.82, 2.24) is 5.32 Å². The van der Waals surface area contributed by atoms with Crippen molar-refractivity contribution in [2.45, 2.75) is 13.8 Å². The average molecular weight is 502 g/mol. The van der Waals surface area contributed by atoms with Gasteiger partial charge in [-0.25, -0.2) is 0 Å². The van der Waals surface area contributed by atoms with E-state index in [0.717, 1.165) is 0 Å². The number of nitrogens with zero attached hydrogens (tertiary/aromatic N) is 2. The lowest BCUT2D eigenvalue weighted by Crippen LogP contribution is -2.37. The highest BCUT2D eigenvalue weighted by atomic mass is 32.1. The summed E-state index contributed by atoms with van der Waals surface area (Å²) in [5, 5.41) is 19.8. The highest BCUT2D eigenvalue weighted by molar-refractivity contribution is 7.80. The molecule has 0 spiro atoms. The first-order chi connectivity index (χ1) is 16.7. The van der Waals surface area contributed by atoms with Crippen molar-refractivity contribution in [3.63, 3.8) is 0 Å². The van der Waals surface area contributed by atoms with Gasteiger partial charge in [-0.2, -0.15) is 0 Å². The van der Waals surface area contributed by atoms with Crippen LogP contribution in [-0.4, -0.2) is 55.3 Å². The van der Waals surface area contributed by atoms with Crippen molar-refractivity contribution < 1.29 is 24.0 Å². The molecule has 1 heterocycles. The second kappa shape index (κ2) is 11.6. The summed E-state index contributed by atoms with van der Waals surface area (Å²) in [6.07, 6.45) is 0. The highest BCUT2D eigenvalue weighted by Gasteiger charge is 2.23. The van der Waals surface area contributed by atoms with Crippen LogP contribution in [0, 0.1) is 16.0 Å². The monoisotopic (exact) mass is 501 g/mol. The number of rotatable bonds is 7. The summed E-state index contributed by atoms with van der Waals surface area (Å²) in [5.41, 5.74) is 1.39. The molecule has 1 aliphatic rings. The molecule has 3 rings (SSSR count). The van der Waals surface area contributed by atoms with E-state index in [9.17, 15) is 19.7 Å². The minimum absolute atomic E-state index is 0.00377. The molecule has 1 fully saturated rings. The topological polar surface area (TPSA) is 135 Å². The molecule has 3 N–H and O–H groups in total. The predicted octanol–water partition coefficient (Wildman–Crippen LogP) is 3.16. The number of anilines is 3. The maximum Gasteiger partial charge on any atom is 0.293 e. The van der Waals surface area contributed by atoms with E-state index in [0.29, 0.717) is 49.1 Å². The van der Waals surface area contributed by atoms with Gasteiger partial charge < -0.3 is 25.0 Å². The summed E-state index contributed by atoms with van der Waals surface area (Å²) >= 11 is 5.23. The van der Waals surface area contributed by atoms with Gasteiger partial charge in [0, 0.05) is 42.4 Å². The van der Waals surface area contributed by atoms with Crippen LogP contribution in [0.1, 0.15) is 24.2 Å². The van der Waals surface area contributed by atoms with Gasteiger partial charge in [-0.3, -0.25) is 25.0 Å². The molecule has 35 heavy (non-hydrogen) atoms. The number of amides is 2. The number of nitro groups is 1. The molecule has 0 unspecified atom stereocenters. The lowest BCUT2D eigenvalue weighted by atomic mass is 10.1. The third kappa shape index (κ3) is 6.64. The van der Waals surface area contributed by atoms with Crippen LogP contribution < -0.4 is 25.6 Å². The molecule has 0 atom stereocenters. The fourth-order valence-corrected chi connectivity index (χ4v) is 3.58. The number of methoxy groups -OCH3 is 1. The Morgan fingerprint density at radius 2 is 1.86 bits per heavy atom. The van der Waals surface area contributed by atoms with E-state index in [1.807, 2.05) is 4.90 Å². The van der Waals surface area contributed by atoms with E-state index < -0.39 is 10.8 Å². The van der Waals surface area contributed by atoms with Gasteiger partial charge in [0.05, 0.1) is 30.9 Å². The summed E-state index contributed by atoms with van der Waals surface area (Å²) in [4.78, 5) is 37.7. The molecule has 1 aliphatic heterocycles. The minimum atomic E-state index is -0.591. The standard InChI is InChI=1S/C23H27N5O6S/c1-14(2)21(29)25-17-6-5-16(13-20(17)33-3)24-23(35)26-22(30)15-4-7-18(19(12-15)28(31)32)27-8-10-34-11-9-27/h4-7,12-14H,8-11H2,1-3H3,(H,25,29)(H2,24,26,30,35). The number of carbonyl (C=O) groups is 2. The van der Waals surface area contributed by atoms with Gasteiger partial charge in [0.2, 0.25) is 5.91 Å². The molecule has 186 valence electrons. The zero-order chi connectivity index (χ0) is 25.5. The molecule has 2 amide bonds. The number of nitro benzene ring substituents is 1. The van der Waals surface area contributed by atoms with Crippen LogP contribution in [0.25, 0.3) is 0 Å². The zero-order valence-electron chi connectivity index (χ0n) is 19.6. The first-order valence-electron chi connectivity index (χ1n) is 10.9. The van der Waals surface area contributed by atoms with Crippen LogP contribution in [0.3, 0.4) is 0 Å². The van der Waals surface area contributed by atoms with E-state index in [1.54, 1.807) is 38.1 Å². The molecular formula is C23H27N5O6S. The lowest BCUT2D eigenvalue weighted by Gasteiger charge is -2.28. The maximum atomic E-state index is 12.7. The Hall–Kier alpha value is -3.77. The number of nitrogens with one attached hydrogen (secondary N) is 3. The molecule has 2 aromatic carbocycles. The Bertz CT molecular complexity index is 1130. The highest BCUT2D eigenvalue weighted by Crippen LogP contribution is 2.30. The Kier molecular flexibility index (Phi) is 8.55. The number of carbonyl (C=O) groups excluding carboxylic acids is 2. The van der Waals surface area contributed by atoms with Gasteiger partial charge in [0.15, 0.2) is 5.11 Å². The van der Waals surface area contributed by atoms with Gasteiger partial charge in [-0.15, -0.1) is 0 Å². The zero-order valence-corrected chi connectivity index (χ0v) is 20.4. The van der Waals surface area contributed by atoms with E-state index in [1.165, 1.54) is 19.2 Å². The van der Waals surface area contributed by atoms with Crippen LogP contribution >= 0.6 is 12.2 Å². The number of benzene rings is 2. The summed E-state index contributed by atoms with van der Waals surface area (Å²) in [6, 6.07) is 9.25. The Labute approximate surface area is 207 Å². The predicted molar refractivity (Wildman–Crippen MR) is 136 cm³/mol. The molecule has 0 bridgehead atoms. The number of thiocarbonyl (C=S) groups is 1. The van der Waals surface area contributed by atoms with E-state index >= 15 is 0 Å². The fourth-order valence-electron chi connectivity index (χ4n) is 3.37. The largest absolute Gasteiger partial charge is 0.494 e. The minimum Gasteiger partial charge on any atom is -0.494 e. The quantitative estimate of drug-likeness (QED) is 0.297. The molecular weight excluding hydrogens is 474 g/mol. The summed E-state index contributed by atoms with van der Waals surface area (Å²) in [6.45, 7) is 5.59. The van der Waals surface area contributed by atoms with Crippen LogP contribution in [0.5, 0.6) is 5.75 Å². The van der Waals surface area contributed by atoms with E-state index in [2.05, 4.69) is 16.0 Å². The van der Waals surface area contributed by atoms with Crippen LogP contribution in [0.15, 0.2) is 36.4 Å². The number of hydrogen-bond donors (Lipinski definition) is 3. The van der Waals surface area contributed by atoms with Crippen molar-refractivity contribution in [3.8, 4) is 5.75 Å². The second-order valence-electron chi connectivity index (χ2n) is 8.03. The van der Waals surface area contributed by atoms with E-state index in [-0.39, 0.29) is 28.2 Å². The first kappa shape index (κ1) is 25.8. The van der Waals surface area contributed by atoms with Crippen molar-refractivity contribution in [2.75, 3.05) is 48.9 Å². The van der Waals surface area contributed by atoms with Crippen LogP contribution in [0.4, 0.5) is 22.7 Å². The van der Waals surface area contributed by atoms with Crippen LogP contribution in [-0.2, 0) is 9.53 Å². The Morgan fingerprint density at radius 1 is 1.14 bits per heavy atom. The molecule has 0 radical (unpaired) electrons. The lowest BCUT2D eigenvalue weighted by molar-refractivity contribution is -0.384. The second-order valence-corrected chi connectivity index (χ2v) is 8.44. The summed E-state index contributed by atoms with van der Waals surface area (Å²) < 4.78 is 10.6. The van der Waals surface area contributed by atoms with Gasteiger partial charge in [-0.05, 0) is 36.5 Å². The molecule has 0 saturated carbocycles. The first-order valence-corrected chi connectivity index (χ1v) is 11.3. The fraction of sp³-hybridized carbons (Fsp3) is 0.348. The maximum absolute atomic E-state index is 12.7. The molecule has 2 aromatic rings. The number of morpholine rings is 1. The summed E-state index contributed by atoms with van der Waals surface area (Å²) in [5.74, 6) is -0.529. The third-order valence-electron chi connectivity index (χ3n) is 5.25. The molecule has 12 heteroatoms. The number of hydrogen-bond acceptors (Lipinski definition) is 8. The normalized spacial score (nSPS) is 13.2. The summed E-state index contributed by atoms with van der Waals surface area (Å²) in [7, 11) is 1.47. The van der Waals surface area contributed by atoms with Crippen molar-refractivity contribution in [3.05, 3.63) is 52.1 Å². The van der Waals surface area contributed by atoms with Gasteiger partial charge >= 0.3 is 0 Å². The van der Waals surface area contributed by atoms with Crippen LogP contribution in [0.2, 0.25) is 0 Å². The van der Waals surface area contributed by atoms with Crippen molar-refractivity contribution in [1.29, 1.82) is 0 Å². The third-order valence-corrected chi connectivity index (χ3v) is 5.46. The van der Waals surface area contributed by atoms with Crippen molar-refractivity contribution >= 4 is 51.9 Å². The molecule has 0 aliphatic carbocycles. The van der Waals surface area contributed by atoms with Gasteiger partial charge in [0.1, 0.15) is 11.4 Å². The Morgan fingerprint density at radius 3 is 2.49 bits per heavy atom. The smallest absolute Gasteiger partial charge is 0.293 e. The Balaban J connectivity index is 1.69. The van der Waals surface area contributed by atoms with Crippen molar-refractivity contribution in [2.24, 2.45) is 5.92 Å². The number of ether oxygens (including phenoxy) is 2. The molecule has 0 aromatic heterocycles. The SMILES string of the molecule is COc1cc(NC(=S)NC(=O)c2ccc(N3CCOCC3)c([N+](=O)[O-])c2)ccc1NC(=O)C(C)C.